The van der Waals surface area contributed by atoms with E-state index < -0.39 is 0 Å². The zero-order valence-electron chi connectivity index (χ0n) is 12.8. The van der Waals surface area contributed by atoms with Crippen molar-refractivity contribution in [3.05, 3.63) is 29.8 Å². The normalized spacial score (nSPS) is 12.0. The number of tetrazole rings is 1. The Morgan fingerprint density at radius 1 is 1.45 bits per heavy atom. The van der Waals surface area contributed by atoms with Gasteiger partial charge in [0.05, 0.1) is 12.4 Å². The Kier molecular flexibility index (Phi) is 5.76. The SMILES string of the molecule is CCn1nnnc1SC(C)C(=O)NCc1ccccc1OC. The summed E-state index contributed by atoms with van der Waals surface area (Å²) < 4.78 is 6.93. The van der Waals surface area contributed by atoms with Crippen LogP contribution in [0.25, 0.3) is 0 Å². The average molecular weight is 321 g/mol. The molecule has 7 nitrogen and oxygen atoms in total. The van der Waals surface area contributed by atoms with E-state index in [1.165, 1.54) is 11.8 Å². The Balaban J connectivity index is 1.91. The molecule has 2 aromatic rings. The predicted octanol–water partition coefficient (Wildman–Crippen LogP) is 1.50. The summed E-state index contributed by atoms with van der Waals surface area (Å²) >= 11 is 1.34. The number of thioether (sulfide) groups is 1. The fourth-order valence-corrected chi connectivity index (χ4v) is 2.74. The summed E-state index contributed by atoms with van der Waals surface area (Å²) in [5.74, 6) is 0.694. The second kappa shape index (κ2) is 7.79. The predicted molar refractivity (Wildman–Crippen MR) is 83.7 cm³/mol. The van der Waals surface area contributed by atoms with Gasteiger partial charge in [-0.2, -0.15) is 0 Å². The van der Waals surface area contributed by atoms with Crippen LogP contribution in [0.15, 0.2) is 29.4 Å². The van der Waals surface area contributed by atoms with Gasteiger partial charge in [-0.3, -0.25) is 4.79 Å². The van der Waals surface area contributed by atoms with Crippen LogP contribution in [0.5, 0.6) is 5.75 Å². The number of rotatable bonds is 7. The minimum Gasteiger partial charge on any atom is -0.496 e. The van der Waals surface area contributed by atoms with Gasteiger partial charge in [0, 0.05) is 18.7 Å². The summed E-state index contributed by atoms with van der Waals surface area (Å²) in [5.41, 5.74) is 0.939. The molecule has 0 fully saturated rings. The van der Waals surface area contributed by atoms with Crippen molar-refractivity contribution in [2.45, 2.75) is 37.3 Å². The fraction of sp³-hybridized carbons (Fsp3) is 0.429. The number of ether oxygens (including phenoxy) is 1. The molecule has 0 radical (unpaired) electrons. The molecule has 0 aliphatic heterocycles. The standard InChI is InChI=1S/C14H19N5O2S/c1-4-19-14(16-17-18-19)22-10(2)13(20)15-9-11-7-5-6-8-12(11)21-3/h5-8,10H,4,9H2,1-3H3,(H,15,20). The number of nitrogens with one attached hydrogen (secondary N) is 1. The summed E-state index contributed by atoms with van der Waals surface area (Å²) in [5, 5.41) is 14.6. The molecule has 0 aliphatic carbocycles. The highest BCUT2D eigenvalue weighted by molar-refractivity contribution is 8.00. The van der Waals surface area contributed by atoms with Crippen LogP contribution >= 0.6 is 11.8 Å². The fourth-order valence-electron chi connectivity index (χ4n) is 1.87. The molecule has 1 unspecified atom stereocenters. The van der Waals surface area contributed by atoms with E-state index in [0.29, 0.717) is 18.2 Å². The highest BCUT2D eigenvalue weighted by atomic mass is 32.2. The molecule has 0 bridgehead atoms. The quantitative estimate of drug-likeness (QED) is 0.778. The summed E-state index contributed by atoms with van der Waals surface area (Å²) in [6.07, 6.45) is 0. The first kappa shape index (κ1) is 16.3. The van der Waals surface area contributed by atoms with E-state index in [-0.39, 0.29) is 11.2 Å². The molecular weight excluding hydrogens is 302 g/mol. The highest BCUT2D eigenvalue weighted by Crippen LogP contribution is 2.21. The molecule has 0 saturated heterocycles. The monoisotopic (exact) mass is 321 g/mol. The van der Waals surface area contributed by atoms with Crippen molar-refractivity contribution in [1.29, 1.82) is 0 Å². The van der Waals surface area contributed by atoms with Gasteiger partial charge in [0.2, 0.25) is 11.1 Å². The van der Waals surface area contributed by atoms with E-state index >= 15 is 0 Å². The van der Waals surface area contributed by atoms with Gasteiger partial charge in [-0.05, 0) is 30.3 Å². The number of carbonyl (C=O) groups is 1. The smallest absolute Gasteiger partial charge is 0.233 e. The third kappa shape index (κ3) is 3.97. The summed E-state index contributed by atoms with van der Waals surface area (Å²) in [7, 11) is 1.61. The maximum Gasteiger partial charge on any atom is 0.233 e. The highest BCUT2D eigenvalue weighted by Gasteiger charge is 2.18. The third-order valence-electron chi connectivity index (χ3n) is 3.10. The Labute approximate surface area is 133 Å². The number of hydrogen-bond donors (Lipinski definition) is 1. The Hall–Kier alpha value is -2.09. The number of aromatic nitrogens is 4. The lowest BCUT2D eigenvalue weighted by molar-refractivity contribution is -0.120. The summed E-state index contributed by atoms with van der Waals surface area (Å²) in [4.78, 5) is 12.2. The van der Waals surface area contributed by atoms with Gasteiger partial charge in [-0.1, -0.05) is 30.0 Å². The van der Waals surface area contributed by atoms with Gasteiger partial charge in [-0.25, -0.2) is 4.68 Å². The Bertz CT molecular complexity index is 631. The largest absolute Gasteiger partial charge is 0.496 e. The molecule has 0 aliphatic rings. The number of hydrogen-bond acceptors (Lipinski definition) is 6. The lowest BCUT2D eigenvalue weighted by Gasteiger charge is -2.13. The molecule has 0 saturated carbocycles. The van der Waals surface area contributed by atoms with Crippen molar-refractivity contribution in [3.63, 3.8) is 0 Å². The van der Waals surface area contributed by atoms with Crippen LogP contribution in [0.3, 0.4) is 0 Å². The van der Waals surface area contributed by atoms with E-state index in [2.05, 4.69) is 20.8 Å². The molecule has 0 spiro atoms. The van der Waals surface area contributed by atoms with E-state index in [4.69, 9.17) is 4.74 Å². The molecule has 1 atom stereocenters. The first-order valence-electron chi connectivity index (χ1n) is 6.98. The summed E-state index contributed by atoms with van der Waals surface area (Å²) in [6, 6.07) is 7.61. The minimum absolute atomic E-state index is 0.0680. The molecule has 1 N–H and O–H groups in total. The zero-order chi connectivity index (χ0) is 15.9. The number of amides is 1. The second-order valence-electron chi connectivity index (χ2n) is 4.57. The van der Waals surface area contributed by atoms with Crippen molar-refractivity contribution < 1.29 is 9.53 Å². The number of aryl methyl sites for hydroxylation is 1. The molecule has 2 rings (SSSR count). The van der Waals surface area contributed by atoms with Crippen molar-refractivity contribution in [2.75, 3.05) is 7.11 Å². The van der Waals surface area contributed by atoms with E-state index in [0.717, 1.165) is 11.3 Å². The maximum absolute atomic E-state index is 12.2. The lowest BCUT2D eigenvalue weighted by Crippen LogP contribution is -2.30. The molecule has 1 heterocycles. The van der Waals surface area contributed by atoms with Crippen LogP contribution in [0.1, 0.15) is 19.4 Å². The minimum atomic E-state index is -0.286. The zero-order valence-corrected chi connectivity index (χ0v) is 13.6. The van der Waals surface area contributed by atoms with Crippen molar-refractivity contribution in [2.24, 2.45) is 0 Å². The van der Waals surface area contributed by atoms with Crippen molar-refractivity contribution in [1.82, 2.24) is 25.5 Å². The topological polar surface area (TPSA) is 81.9 Å². The van der Waals surface area contributed by atoms with Crippen LogP contribution < -0.4 is 10.1 Å². The van der Waals surface area contributed by atoms with Crippen molar-refractivity contribution in [3.8, 4) is 5.75 Å². The van der Waals surface area contributed by atoms with Gasteiger partial charge < -0.3 is 10.1 Å². The van der Waals surface area contributed by atoms with E-state index in [9.17, 15) is 4.79 Å². The van der Waals surface area contributed by atoms with Gasteiger partial charge in [0.1, 0.15) is 5.75 Å². The first-order chi connectivity index (χ1) is 10.7. The van der Waals surface area contributed by atoms with Gasteiger partial charge in [0.25, 0.3) is 0 Å². The van der Waals surface area contributed by atoms with Gasteiger partial charge >= 0.3 is 0 Å². The Morgan fingerprint density at radius 3 is 2.95 bits per heavy atom. The lowest BCUT2D eigenvalue weighted by atomic mass is 10.2. The Morgan fingerprint density at radius 2 is 2.23 bits per heavy atom. The average Bonchev–Trinajstić information content (AvgIpc) is 2.99. The molecule has 1 amide bonds. The molecule has 1 aromatic heterocycles. The molecule has 1 aromatic carbocycles. The number of para-hydroxylation sites is 1. The van der Waals surface area contributed by atoms with Gasteiger partial charge in [0.15, 0.2) is 0 Å². The van der Waals surface area contributed by atoms with E-state index in [1.54, 1.807) is 11.8 Å². The molecular formula is C14H19N5O2S. The molecule has 8 heteroatoms. The first-order valence-corrected chi connectivity index (χ1v) is 7.86. The molecule has 22 heavy (non-hydrogen) atoms. The third-order valence-corrected chi connectivity index (χ3v) is 4.17. The number of methoxy groups -OCH3 is 1. The van der Waals surface area contributed by atoms with Crippen LogP contribution in [0.4, 0.5) is 0 Å². The number of carbonyl (C=O) groups excluding carboxylic acids is 1. The number of nitrogens with zero attached hydrogens (tertiary/aromatic N) is 4. The van der Waals surface area contributed by atoms with Crippen LogP contribution in [-0.2, 0) is 17.9 Å². The van der Waals surface area contributed by atoms with E-state index in [1.807, 2.05) is 38.1 Å². The van der Waals surface area contributed by atoms with Crippen LogP contribution in [0, 0.1) is 0 Å². The molecule has 118 valence electrons. The van der Waals surface area contributed by atoms with Crippen LogP contribution in [-0.4, -0.2) is 38.5 Å². The van der Waals surface area contributed by atoms with Crippen LogP contribution in [0.2, 0.25) is 0 Å². The maximum atomic E-state index is 12.2. The summed E-state index contributed by atoms with van der Waals surface area (Å²) in [6.45, 7) is 4.88. The van der Waals surface area contributed by atoms with Crippen molar-refractivity contribution >= 4 is 17.7 Å². The number of benzene rings is 1. The second-order valence-corrected chi connectivity index (χ2v) is 5.87. The van der Waals surface area contributed by atoms with Gasteiger partial charge in [-0.15, -0.1) is 5.10 Å².